The highest BCUT2D eigenvalue weighted by molar-refractivity contribution is 7.93. The molecule has 0 radical (unpaired) electrons. The molecular weight excluding hydrogens is 411 g/mol. The first-order valence-corrected chi connectivity index (χ1v) is 10.2. The molecule has 0 saturated heterocycles. The predicted molar refractivity (Wildman–Crippen MR) is 108 cm³/mol. The van der Waals surface area contributed by atoms with Crippen LogP contribution in [0.2, 0.25) is 0 Å². The first-order chi connectivity index (χ1) is 14.3. The Labute approximate surface area is 170 Å². The third-order valence-corrected chi connectivity index (χ3v) is 5.78. The van der Waals surface area contributed by atoms with Gasteiger partial charge in [-0.25, -0.2) is 12.8 Å². The van der Waals surface area contributed by atoms with E-state index in [9.17, 15) is 17.6 Å². The zero-order chi connectivity index (χ0) is 21.3. The van der Waals surface area contributed by atoms with Crippen LogP contribution in [0.3, 0.4) is 0 Å². The molecule has 4 aromatic rings. The van der Waals surface area contributed by atoms with Crippen molar-refractivity contribution in [1.82, 2.24) is 10.1 Å². The second kappa shape index (κ2) is 7.56. The Kier molecular flexibility index (Phi) is 4.92. The highest BCUT2D eigenvalue weighted by atomic mass is 32.2. The van der Waals surface area contributed by atoms with Gasteiger partial charge in [0, 0.05) is 17.3 Å². The molecule has 4 rings (SSSR count). The molecule has 2 heterocycles. The Bertz CT molecular complexity index is 1370. The van der Waals surface area contributed by atoms with Crippen LogP contribution >= 0.6 is 0 Å². The lowest BCUT2D eigenvalue weighted by Crippen LogP contribution is -2.15. The molecular formula is C20H15FN4O4S. The van der Waals surface area contributed by atoms with Gasteiger partial charge in [0.05, 0.1) is 16.8 Å². The lowest BCUT2D eigenvalue weighted by Gasteiger charge is -2.12. The van der Waals surface area contributed by atoms with Gasteiger partial charge in [-0.3, -0.25) is 14.5 Å². The highest BCUT2D eigenvalue weighted by Crippen LogP contribution is 2.26. The molecule has 0 aliphatic carbocycles. The van der Waals surface area contributed by atoms with E-state index < -0.39 is 21.7 Å². The largest absolute Gasteiger partial charge is 0.361 e. The third-order valence-electron chi connectivity index (χ3n) is 4.34. The Morgan fingerprint density at radius 3 is 2.67 bits per heavy atom. The smallest absolute Gasteiger partial charge is 0.262 e. The summed E-state index contributed by atoms with van der Waals surface area (Å²) >= 11 is 0. The van der Waals surface area contributed by atoms with E-state index in [1.54, 1.807) is 19.1 Å². The Balaban J connectivity index is 1.62. The van der Waals surface area contributed by atoms with Crippen LogP contribution in [0, 0.1) is 12.7 Å². The maximum Gasteiger partial charge on any atom is 0.262 e. The molecule has 0 aliphatic heterocycles. The maximum atomic E-state index is 14.0. The molecule has 2 aromatic carbocycles. The number of hydrogen-bond donors (Lipinski definition) is 2. The van der Waals surface area contributed by atoms with Crippen molar-refractivity contribution in [1.29, 1.82) is 0 Å². The van der Waals surface area contributed by atoms with Crippen LogP contribution in [0.1, 0.15) is 16.1 Å². The number of aryl methyl sites for hydroxylation is 1. The molecule has 8 nitrogen and oxygen atoms in total. The minimum absolute atomic E-state index is 0.0366. The van der Waals surface area contributed by atoms with E-state index in [1.807, 2.05) is 0 Å². The number of amides is 1. The fourth-order valence-electron chi connectivity index (χ4n) is 2.93. The lowest BCUT2D eigenvalue weighted by molar-refractivity contribution is 0.102. The van der Waals surface area contributed by atoms with Crippen LogP contribution < -0.4 is 10.0 Å². The second-order valence-corrected chi connectivity index (χ2v) is 8.03. The Morgan fingerprint density at radius 2 is 1.90 bits per heavy atom. The molecule has 30 heavy (non-hydrogen) atoms. The van der Waals surface area contributed by atoms with Crippen molar-refractivity contribution < 1.29 is 22.1 Å². The summed E-state index contributed by atoms with van der Waals surface area (Å²) in [6, 6.07) is 11.4. The van der Waals surface area contributed by atoms with Crippen molar-refractivity contribution in [2.75, 3.05) is 10.0 Å². The summed E-state index contributed by atoms with van der Waals surface area (Å²) in [6.45, 7) is 1.61. The molecule has 0 spiro atoms. The van der Waals surface area contributed by atoms with E-state index >= 15 is 0 Å². The van der Waals surface area contributed by atoms with Gasteiger partial charge in [0.15, 0.2) is 0 Å². The lowest BCUT2D eigenvalue weighted by atomic mass is 10.2. The fourth-order valence-corrected chi connectivity index (χ4v) is 4.18. The first-order valence-electron chi connectivity index (χ1n) is 8.74. The van der Waals surface area contributed by atoms with Crippen LogP contribution in [0.25, 0.3) is 10.9 Å². The number of halogens is 1. The van der Waals surface area contributed by atoms with Crippen LogP contribution in [-0.4, -0.2) is 24.5 Å². The molecule has 0 saturated carbocycles. The van der Waals surface area contributed by atoms with Crippen molar-refractivity contribution in [3.8, 4) is 0 Å². The summed E-state index contributed by atoms with van der Waals surface area (Å²) in [5, 5.41) is 6.37. The van der Waals surface area contributed by atoms with Gasteiger partial charge in [0.25, 0.3) is 15.9 Å². The minimum Gasteiger partial charge on any atom is -0.361 e. The topological polar surface area (TPSA) is 114 Å². The van der Waals surface area contributed by atoms with Gasteiger partial charge in [-0.15, -0.1) is 0 Å². The minimum atomic E-state index is -4.05. The molecule has 2 aromatic heterocycles. The highest BCUT2D eigenvalue weighted by Gasteiger charge is 2.20. The number of pyridine rings is 1. The molecule has 1 amide bonds. The van der Waals surface area contributed by atoms with Crippen molar-refractivity contribution in [2.24, 2.45) is 0 Å². The number of carbonyl (C=O) groups is 1. The number of rotatable bonds is 5. The van der Waals surface area contributed by atoms with Crippen molar-refractivity contribution in [3.05, 3.63) is 78.1 Å². The first kappa shape index (κ1) is 19.5. The zero-order valence-corrected chi connectivity index (χ0v) is 16.4. The zero-order valence-electron chi connectivity index (χ0n) is 15.6. The Morgan fingerprint density at radius 1 is 1.10 bits per heavy atom. The summed E-state index contributed by atoms with van der Waals surface area (Å²) in [5.74, 6) is -0.691. The van der Waals surface area contributed by atoms with Crippen LogP contribution in [0.15, 0.2) is 70.3 Å². The van der Waals surface area contributed by atoms with Crippen molar-refractivity contribution >= 4 is 38.2 Å². The summed E-state index contributed by atoms with van der Waals surface area (Å²) in [4.78, 5) is 16.1. The van der Waals surface area contributed by atoms with Crippen LogP contribution in [-0.2, 0) is 10.0 Å². The number of nitrogens with one attached hydrogen (secondary N) is 2. The normalized spacial score (nSPS) is 11.4. The van der Waals surface area contributed by atoms with E-state index in [0.29, 0.717) is 11.4 Å². The van der Waals surface area contributed by atoms with Crippen molar-refractivity contribution in [3.63, 3.8) is 0 Å². The molecule has 0 atom stereocenters. The number of hydrogen-bond acceptors (Lipinski definition) is 6. The summed E-state index contributed by atoms with van der Waals surface area (Å²) < 4.78 is 47.1. The summed E-state index contributed by atoms with van der Waals surface area (Å²) in [6.07, 6.45) is 2.68. The van der Waals surface area contributed by atoms with Crippen LogP contribution in [0.4, 0.5) is 15.8 Å². The number of aromatic nitrogens is 2. The molecule has 0 aliphatic rings. The van der Waals surface area contributed by atoms with E-state index in [0.717, 1.165) is 6.07 Å². The summed E-state index contributed by atoms with van der Waals surface area (Å²) in [7, 11) is -4.05. The molecule has 0 bridgehead atoms. The average Bonchev–Trinajstić information content (AvgIpc) is 3.14. The summed E-state index contributed by atoms with van der Waals surface area (Å²) in [5.41, 5.74) is 0.819. The number of nitrogens with zero attached hydrogens (tertiary/aromatic N) is 2. The average molecular weight is 426 g/mol. The monoisotopic (exact) mass is 426 g/mol. The number of carbonyl (C=O) groups excluding carboxylic acids is 1. The van der Waals surface area contributed by atoms with E-state index in [2.05, 4.69) is 20.2 Å². The third kappa shape index (κ3) is 3.72. The SMILES string of the molecule is Cc1oncc1C(=O)Nc1cccc(NS(=O)(=O)c2ccc(F)c3ncccc23)c1. The fraction of sp³-hybridized carbons (Fsp3) is 0.0500. The number of sulfonamides is 1. The van der Waals surface area contributed by atoms with Gasteiger partial charge in [-0.1, -0.05) is 11.2 Å². The second-order valence-electron chi connectivity index (χ2n) is 6.38. The van der Waals surface area contributed by atoms with E-state index in [1.165, 1.54) is 42.7 Å². The Hall–Kier alpha value is -3.79. The van der Waals surface area contributed by atoms with E-state index in [-0.39, 0.29) is 27.0 Å². The van der Waals surface area contributed by atoms with Gasteiger partial charge in [0.1, 0.15) is 22.7 Å². The standard InChI is InChI=1S/C20H15FN4O4S/c1-12-16(11-23-29-12)20(26)24-13-4-2-5-14(10-13)25-30(27,28)18-8-7-17(21)19-15(18)6-3-9-22-19/h2-11,25H,1H3,(H,24,26). The molecule has 0 unspecified atom stereocenters. The van der Waals surface area contributed by atoms with Gasteiger partial charge in [-0.2, -0.15) is 0 Å². The van der Waals surface area contributed by atoms with Crippen molar-refractivity contribution in [2.45, 2.75) is 11.8 Å². The molecule has 2 N–H and O–H groups in total. The quantitative estimate of drug-likeness (QED) is 0.503. The number of fused-ring (bicyclic) bond motifs is 1. The van der Waals surface area contributed by atoms with Gasteiger partial charge < -0.3 is 9.84 Å². The predicted octanol–water partition coefficient (Wildman–Crippen LogP) is 3.72. The number of anilines is 2. The van der Waals surface area contributed by atoms with Gasteiger partial charge in [0.2, 0.25) is 0 Å². The van der Waals surface area contributed by atoms with E-state index in [4.69, 9.17) is 4.52 Å². The molecule has 10 heteroatoms. The maximum absolute atomic E-state index is 14.0. The number of benzene rings is 2. The van der Waals surface area contributed by atoms with Gasteiger partial charge in [-0.05, 0) is 49.4 Å². The molecule has 152 valence electrons. The van der Waals surface area contributed by atoms with Gasteiger partial charge >= 0.3 is 0 Å². The van der Waals surface area contributed by atoms with Crippen LogP contribution in [0.5, 0.6) is 0 Å². The molecule has 0 fully saturated rings.